The van der Waals surface area contributed by atoms with Crippen LogP contribution in [-0.4, -0.2) is 24.8 Å². The van der Waals surface area contributed by atoms with Crippen LogP contribution in [0.1, 0.15) is 0 Å². The van der Waals surface area contributed by atoms with Crippen molar-refractivity contribution in [2.75, 3.05) is 0 Å². The lowest BCUT2D eigenvalue weighted by molar-refractivity contribution is 0.622. The van der Waals surface area contributed by atoms with Crippen molar-refractivity contribution in [3.05, 3.63) is 60.8 Å². The highest BCUT2D eigenvalue weighted by atomic mass is 32.1. The molecule has 6 nitrogen and oxygen atoms in total. The summed E-state index contributed by atoms with van der Waals surface area (Å²) >= 11 is 1.51. The predicted octanol–water partition coefficient (Wildman–Crippen LogP) is 4.75. The van der Waals surface area contributed by atoms with Gasteiger partial charge in [-0.25, -0.2) is 0 Å². The maximum Gasteiger partial charge on any atom is 0.235 e. The quantitative estimate of drug-likeness (QED) is 0.485. The van der Waals surface area contributed by atoms with Crippen molar-refractivity contribution in [2.24, 2.45) is 0 Å². The van der Waals surface area contributed by atoms with Crippen LogP contribution >= 0.6 is 11.3 Å². The summed E-state index contributed by atoms with van der Waals surface area (Å²) in [5.41, 5.74) is 2.98. The summed E-state index contributed by atoms with van der Waals surface area (Å²) in [6.45, 7) is 0. The first-order valence-electron chi connectivity index (χ1n) is 8.14. The highest BCUT2D eigenvalue weighted by Gasteiger charge is 2.18. The van der Waals surface area contributed by atoms with Gasteiger partial charge in [-0.15, -0.1) is 10.2 Å². The van der Waals surface area contributed by atoms with Crippen LogP contribution in [0.4, 0.5) is 0 Å². The van der Waals surface area contributed by atoms with Gasteiger partial charge < -0.3 is 9.40 Å². The Morgan fingerprint density at radius 3 is 2.85 bits per heavy atom. The molecule has 0 aliphatic carbocycles. The maximum absolute atomic E-state index is 5.93. The maximum atomic E-state index is 5.93. The molecule has 4 heterocycles. The minimum atomic E-state index is 0.610. The summed E-state index contributed by atoms with van der Waals surface area (Å²) in [7, 11) is 0. The van der Waals surface area contributed by atoms with Crippen molar-refractivity contribution >= 4 is 38.2 Å². The Hall–Kier alpha value is -3.45. The highest BCUT2D eigenvalue weighted by molar-refractivity contribution is 7.20. The molecule has 0 aliphatic heterocycles. The summed E-state index contributed by atoms with van der Waals surface area (Å²) in [6.07, 6.45) is 1.98. The molecule has 124 valence electrons. The number of nitrogens with one attached hydrogen (secondary N) is 1. The molecule has 7 heteroatoms. The average Bonchev–Trinajstić information content (AvgIpc) is 3.41. The van der Waals surface area contributed by atoms with E-state index in [-0.39, 0.29) is 0 Å². The third-order valence-electron chi connectivity index (χ3n) is 4.46. The average molecular weight is 357 g/mol. The first-order chi connectivity index (χ1) is 12.9. The van der Waals surface area contributed by atoms with Gasteiger partial charge in [0, 0.05) is 28.0 Å². The molecule has 6 aromatic rings. The Morgan fingerprint density at radius 2 is 1.88 bits per heavy atom. The predicted molar refractivity (Wildman–Crippen MR) is 101 cm³/mol. The van der Waals surface area contributed by atoms with E-state index in [4.69, 9.17) is 9.52 Å². The number of aromatic amines is 1. The molecule has 0 bridgehead atoms. The van der Waals surface area contributed by atoms with Crippen molar-refractivity contribution < 1.29 is 4.42 Å². The molecule has 0 amide bonds. The zero-order valence-corrected chi connectivity index (χ0v) is 14.2. The van der Waals surface area contributed by atoms with Crippen LogP contribution in [0.3, 0.4) is 0 Å². The Bertz CT molecular complexity index is 1370. The molecule has 4 aromatic heterocycles. The second kappa shape index (κ2) is 5.03. The molecule has 0 spiro atoms. The molecule has 0 unspecified atom stereocenters. The van der Waals surface area contributed by atoms with Crippen LogP contribution in [0.2, 0.25) is 0 Å². The molecule has 0 fully saturated rings. The van der Waals surface area contributed by atoms with Gasteiger partial charge in [-0.1, -0.05) is 47.7 Å². The number of furan rings is 1. The molecule has 0 saturated heterocycles. The monoisotopic (exact) mass is 357 g/mol. The van der Waals surface area contributed by atoms with E-state index in [0.717, 1.165) is 37.4 Å². The number of hydrogen-bond acceptors (Lipinski definition) is 5. The molecule has 26 heavy (non-hydrogen) atoms. The molecule has 0 saturated carbocycles. The van der Waals surface area contributed by atoms with Gasteiger partial charge in [0.25, 0.3) is 0 Å². The van der Waals surface area contributed by atoms with E-state index in [1.165, 1.54) is 11.3 Å². The number of H-pyrrole nitrogens is 1. The summed E-state index contributed by atoms with van der Waals surface area (Å²) in [5, 5.41) is 16.3. The van der Waals surface area contributed by atoms with Gasteiger partial charge in [0.1, 0.15) is 10.6 Å². The third kappa shape index (κ3) is 1.89. The van der Waals surface area contributed by atoms with Crippen LogP contribution in [0.15, 0.2) is 65.2 Å². The first-order valence-corrected chi connectivity index (χ1v) is 8.96. The van der Waals surface area contributed by atoms with Crippen molar-refractivity contribution in [2.45, 2.75) is 0 Å². The third-order valence-corrected chi connectivity index (χ3v) is 5.39. The van der Waals surface area contributed by atoms with E-state index in [2.05, 4.69) is 27.3 Å². The van der Waals surface area contributed by atoms with Gasteiger partial charge in [0.15, 0.2) is 5.76 Å². The standard InChI is InChI=1S/C19H11N5OS/c1-4-8-15-11(5-1)9-16(25-15)17-21-22-19-24(17)23-18(26-19)13-10-20-14-7-3-2-6-12(13)14/h1-10,20H. The summed E-state index contributed by atoms with van der Waals surface area (Å²) < 4.78 is 7.68. The van der Waals surface area contributed by atoms with Gasteiger partial charge >= 0.3 is 0 Å². The SMILES string of the molecule is c1ccc2oc(-c3nnc4sc(-c5c[nH]c6ccccc56)nn34)cc2c1. The van der Waals surface area contributed by atoms with Gasteiger partial charge in [0.05, 0.1) is 0 Å². The molecular weight excluding hydrogens is 346 g/mol. The van der Waals surface area contributed by atoms with Crippen molar-refractivity contribution in [1.82, 2.24) is 24.8 Å². The Morgan fingerprint density at radius 1 is 1.00 bits per heavy atom. The van der Waals surface area contributed by atoms with Crippen molar-refractivity contribution in [1.29, 1.82) is 0 Å². The fraction of sp³-hybridized carbons (Fsp3) is 0. The Kier molecular flexibility index (Phi) is 2.67. The summed E-state index contributed by atoms with van der Waals surface area (Å²) in [6, 6.07) is 18.0. The van der Waals surface area contributed by atoms with Gasteiger partial charge in [-0.2, -0.15) is 9.61 Å². The fourth-order valence-electron chi connectivity index (χ4n) is 3.22. The number of hydrogen-bond donors (Lipinski definition) is 1. The molecule has 0 atom stereocenters. The summed E-state index contributed by atoms with van der Waals surface area (Å²) in [5.74, 6) is 1.27. The smallest absolute Gasteiger partial charge is 0.235 e. The lowest BCUT2D eigenvalue weighted by Crippen LogP contribution is -1.89. The molecule has 0 aliphatic rings. The Balaban J connectivity index is 1.54. The number of aromatic nitrogens is 5. The zero-order valence-electron chi connectivity index (χ0n) is 13.4. The van der Waals surface area contributed by atoms with Crippen LogP contribution in [0.25, 0.3) is 49.0 Å². The molecular formula is C19H11N5OS. The minimum Gasteiger partial charge on any atom is -0.453 e. The van der Waals surface area contributed by atoms with Gasteiger partial charge in [-0.3, -0.25) is 0 Å². The molecule has 0 radical (unpaired) electrons. The highest BCUT2D eigenvalue weighted by Crippen LogP contribution is 2.33. The van der Waals surface area contributed by atoms with E-state index in [1.807, 2.05) is 48.7 Å². The second-order valence-electron chi connectivity index (χ2n) is 6.02. The van der Waals surface area contributed by atoms with E-state index in [9.17, 15) is 0 Å². The number of fused-ring (bicyclic) bond motifs is 3. The van der Waals surface area contributed by atoms with Crippen LogP contribution < -0.4 is 0 Å². The van der Waals surface area contributed by atoms with Crippen molar-refractivity contribution in [3.8, 4) is 22.2 Å². The molecule has 6 rings (SSSR count). The number of para-hydroxylation sites is 2. The second-order valence-corrected chi connectivity index (χ2v) is 6.98. The van der Waals surface area contributed by atoms with E-state index < -0.39 is 0 Å². The summed E-state index contributed by atoms with van der Waals surface area (Å²) in [4.78, 5) is 4.03. The number of nitrogens with zero attached hydrogens (tertiary/aromatic N) is 4. The topological polar surface area (TPSA) is 72.0 Å². The van der Waals surface area contributed by atoms with Gasteiger partial charge in [0.2, 0.25) is 10.8 Å². The Labute approximate surface area is 150 Å². The van der Waals surface area contributed by atoms with E-state index >= 15 is 0 Å². The lowest BCUT2D eigenvalue weighted by Gasteiger charge is -1.93. The largest absolute Gasteiger partial charge is 0.453 e. The van der Waals surface area contributed by atoms with Crippen LogP contribution in [0, 0.1) is 0 Å². The van der Waals surface area contributed by atoms with Crippen molar-refractivity contribution in [3.63, 3.8) is 0 Å². The molecule has 1 N–H and O–H groups in total. The first kappa shape index (κ1) is 13.8. The van der Waals surface area contributed by atoms with E-state index in [0.29, 0.717) is 11.6 Å². The van der Waals surface area contributed by atoms with Gasteiger partial charge in [-0.05, 0) is 18.2 Å². The fourth-order valence-corrected chi connectivity index (χ4v) is 4.09. The minimum absolute atomic E-state index is 0.610. The normalized spacial score (nSPS) is 11.8. The zero-order chi connectivity index (χ0) is 17.1. The number of benzene rings is 2. The molecule has 2 aromatic carbocycles. The van der Waals surface area contributed by atoms with E-state index in [1.54, 1.807) is 4.52 Å². The lowest BCUT2D eigenvalue weighted by atomic mass is 10.2. The van der Waals surface area contributed by atoms with Crippen LogP contribution in [0.5, 0.6) is 0 Å². The number of rotatable bonds is 2. The van der Waals surface area contributed by atoms with Crippen LogP contribution in [-0.2, 0) is 0 Å².